The predicted octanol–water partition coefficient (Wildman–Crippen LogP) is 3.85. The van der Waals surface area contributed by atoms with Gasteiger partial charge in [-0.1, -0.05) is 42.0 Å². The highest BCUT2D eigenvalue weighted by molar-refractivity contribution is 5.97. The lowest BCUT2D eigenvalue weighted by Crippen LogP contribution is -2.46. The van der Waals surface area contributed by atoms with Crippen LogP contribution in [0.25, 0.3) is 22.8 Å². The minimum atomic E-state index is -0.688. The van der Waals surface area contributed by atoms with Crippen LogP contribution in [0.5, 0.6) is 0 Å². The van der Waals surface area contributed by atoms with Crippen molar-refractivity contribution < 1.29 is 23.5 Å². The molecule has 0 radical (unpaired) electrons. The normalized spacial score (nSPS) is 11.1. The van der Waals surface area contributed by atoms with Crippen LogP contribution in [-0.4, -0.2) is 53.4 Å². The molecule has 178 valence electrons. The predicted molar refractivity (Wildman–Crippen MR) is 128 cm³/mol. The highest BCUT2D eigenvalue weighted by Crippen LogP contribution is 2.28. The third-order valence-electron chi connectivity index (χ3n) is 4.87. The number of rotatable bonds is 7. The third-order valence-corrected chi connectivity index (χ3v) is 4.87. The molecule has 8 nitrogen and oxygen atoms in total. The third kappa shape index (κ3) is 6.54. The Hall–Kier alpha value is -3.94. The van der Waals surface area contributed by atoms with Crippen molar-refractivity contribution in [3.8, 4) is 22.8 Å². The van der Waals surface area contributed by atoms with Crippen molar-refractivity contribution in [2.24, 2.45) is 0 Å². The molecule has 0 saturated heterocycles. The van der Waals surface area contributed by atoms with Crippen LogP contribution in [0.15, 0.2) is 59.1 Å². The lowest BCUT2D eigenvalue weighted by Gasteiger charge is -2.23. The van der Waals surface area contributed by atoms with Gasteiger partial charge in [-0.3, -0.25) is 9.59 Å². The van der Waals surface area contributed by atoms with Crippen LogP contribution in [0.2, 0.25) is 0 Å². The molecule has 2 amide bonds. The van der Waals surface area contributed by atoms with Gasteiger partial charge >= 0.3 is 5.97 Å². The van der Waals surface area contributed by atoms with Crippen molar-refractivity contribution >= 4 is 17.8 Å². The van der Waals surface area contributed by atoms with E-state index in [0.29, 0.717) is 11.3 Å². The number of nitrogens with zero attached hydrogens (tertiary/aromatic N) is 2. The Balaban J connectivity index is 1.66. The summed E-state index contributed by atoms with van der Waals surface area (Å²) in [6.07, 6.45) is 1.60. The molecule has 0 aliphatic rings. The lowest BCUT2D eigenvalue weighted by molar-refractivity contribution is -0.137. The summed E-state index contributed by atoms with van der Waals surface area (Å²) in [6.45, 7) is 6.92. The molecule has 0 aliphatic carbocycles. The zero-order valence-electron chi connectivity index (χ0n) is 20.0. The maximum Gasteiger partial charge on any atom is 0.339 e. The quantitative estimate of drug-likeness (QED) is 0.534. The van der Waals surface area contributed by atoms with Crippen LogP contribution in [0.4, 0.5) is 0 Å². The molecule has 0 atom stereocenters. The van der Waals surface area contributed by atoms with Gasteiger partial charge in [0.05, 0.1) is 23.9 Å². The second kappa shape index (κ2) is 10.3. The summed E-state index contributed by atoms with van der Waals surface area (Å²) in [5, 5.41) is 2.78. The van der Waals surface area contributed by atoms with Crippen molar-refractivity contribution in [1.82, 2.24) is 15.2 Å². The van der Waals surface area contributed by atoms with Gasteiger partial charge in [0.25, 0.3) is 5.91 Å². The summed E-state index contributed by atoms with van der Waals surface area (Å²) in [4.78, 5) is 42.7. The second-order valence-electron chi connectivity index (χ2n) is 9.07. The topological polar surface area (TPSA) is 102 Å². The number of hydrogen-bond donors (Lipinski definition) is 1. The van der Waals surface area contributed by atoms with Gasteiger partial charge < -0.3 is 19.4 Å². The van der Waals surface area contributed by atoms with Gasteiger partial charge in [0.15, 0.2) is 12.4 Å². The molecule has 0 fully saturated rings. The van der Waals surface area contributed by atoms with E-state index in [1.807, 2.05) is 52.0 Å². The van der Waals surface area contributed by atoms with Crippen LogP contribution in [0, 0.1) is 6.92 Å². The summed E-state index contributed by atoms with van der Waals surface area (Å²) in [5.41, 5.74) is 2.27. The molecule has 1 N–H and O–H groups in total. The van der Waals surface area contributed by atoms with Gasteiger partial charge in [-0.2, -0.15) is 0 Å². The SMILES string of the molecule is Cc1ccc(-c2cnc(-c3ccccc3C(=O)OCC(=O)N(C)CC(=O)NC(C)(C)C)o2)cc1. The maximum absolute atomic E-state index is 12.7. The Morgan fingerprint density at radius 2 is 1.74 bits per heavy atom. The molecule has 1 aromatic heterocycles. The molecule has 1 heterocycles. The number of nitrogens with one attached hydrogen (secondary N) is 1. The van der Waals surface area contributed by atoms with E-state index in [1.165, 1.54) is 11.9 Å². The van der Waals surface area contributed by atoms with Crippen LogP contribution in [-0.2, 0) is 14.3 Å². The highest BCUT2D eigenvalue weighted by Gasteiger charge is 2.21. The molecule has 0 saturated carbocycles. The van der Waals surface area contributed by atoms with Crippen molar-refractivity contribution in [3.05, 3.63) is 65.9 Å². The van der Waals surface area contributed by atoms with E-state index in [9.17, 15) is 14.4 Å². The number of carbonyl (C=O) groups is 3. The van der Waals surface area contributed by atoms with Crippen LogP contribution in [0.1, 0.15) is 36.7 Å². The summed E-state index contributed by atoms with van der Waals surface area (Å²) >= 11 is 0. The van der Waals surface area contributed by atoms with E-state index in [4.69, 9.17) is 9.15 Å². The molecule has 8 heteroatoms. The van der Waals surface area contributed by atoms with Gasteiger partial charge in [0.1, 0.15) is 0 Å². The Morgan fingerprint density at radius 1 is 1.06 bits per heavy atom. The fourth-order valence-corrected chi connectivity index (χ4v) is 3.17. The average molecular weight is 464 g/mol. The monoisotopic (exact) mass is 463 g/mol. The van der Waals surface area contributed by atoms with E-state index >= 15 is 0 Å². The molecule has 2 aromatic carbocycles. The molecular weight excluding hydrogens is 434 g/mol. The first-order chi connectivity index (χ1) is 16.0. The number of aromatic nitrogens is 1. The van der Waals surface area contributed by atoms with Gasteiger partial charge in [-0.15, -0.1) is 0 Å². The Labute approximate surface area is 198 Å². The Morgan fingerprint density at radius 3 is 2.41 bits per heavy atom. The minimum absolute atomic E-state index is 0.137. The smallest absolute Gasteiger partial charge is 0.339 e. The number of hydrogen-bond acceptors (Lipinski definition) is 6. The zero-order chi connectivity index (χ0) is 24.9. The van der Waals surface area contributed by atoms with Crippen molar-refractivity contribution in [3.63, 3.8) is 0 Å². The van der Waals surface area contributed by atoms with Gasteiger partial charge in [0.2, 0.25) is 11.8 Å². The van der Waals surface area contributed by atoms with Crippen LogP contribution in [0.3, 0.4) is 0 Å². The van der Waals surface area contributed by atoms with E-state index in [1.54, 1.807) is 30.5 Å². The zero-order valence-corrected chi connectivity index (χ0v) is 20.0. The first-order valence-corrected chi connectivity index (χ1v) is 10.9. The summed E-state index contributed by atoms with van der Waals surface area (Å²) in [6, 6.07) is 14.6. The number of benzene rings is 2. The number of carbonyl (C=O) groups excluding carboxylic acids is 3. The van der Waals surface area contributed by atoms with E-state index in [-0.39, 0.29) is 23.9 Å². The molecule has 0 bridgehead atoms. The average Bonchev–Trinajstić information content (AvgIpc) is 3.26. The second-order valence-corrected chi connectivity index (χ2v) is 9.07. The molecular formula is C26H29N3O5. The number of ether oxygens (including phenoxy) is 1. The van der Waals surface area contributed by atoms with Crippen molar-refractivity contribution in [2.45, 2.75) is 33.2 Å². The number of likely N-dealkylation sites (N-methyl/N-ethyl adjacent to an activating group) is 1. The van der Waals surface area contributed by atoms with E-state index < -0.39 is 24.0 Å². The first kappa shape index (κ1) is 24.7. The van der Waals surface area contributed by atoms with Crippen molar-refractivity contribution in [2.75, 3.05) is 20.2 Å². The van der Waals surface area contributed by atoms with Crippen LogP contribution >= 0.6 is 0 Å². The highest BCUT2D eigenvalue weighted by atomic mass is 16.5. The van der Waals surface area contributed by atoms with Gasteiger partial charge in [0, 0.05) is 18.2 Å². The standard InChI is InChI=1S/C26H29N3O5/c1-17-10-12-18(13-11-17)21-14-27-24(34-21)19-8-6-7-9-20(19)25(32)33-16-23(31)29(5)15-22(30)28-26(2,3)4/h6-14H,15-16H2,1-5H3,(H,28,30). The van der Waals surface area contributed by atoms with Gasteiger partial charge in [-0.25, -0.2) is 9.78 Å². The van der Waals surface area contributed by atoms with Gasteiger partial charge in [-0.05, 0) is 39.8 Å². The molecule has 0 unspecified atom stereocenters. The Bertz CT molecular complexity index is 1180. The maximum atomic E-state index is 12.7. The van der Waals surface area contributed by atoms with E-state index in [2.05, 4.69) is 10.3 Å². The fourth-order valence-electron chi connectivity index (χ4n) is 3.17. The van der Waals surface area contributed by atoms with Crippen LogP contribution < -0.4 is 5.32 Å². The molecule has 0 aliphatic heterocycles. The minimum Gasteiger partial charge on any atom is -0.452 e. The lowest BCUT2D eigenvalue weighted by atomic mass is 10.1. The summed E-state index contributed by atoms with van der Waals surface area (Å²) in [7, 11) is 1.48. The molecule has 3 rings (SSSR count). The number of aryl methyl sites for hydroxylation is 1. The van der Waals surface area contributed by atoms with Crippen molar-refractivity contribution in [1.29, 1.82) is 0 Å². The molecule has 34 heavy (non-hydrogen) atoms. The first-order valence-electron chi connectivity index (χ1n) is 10.9. The molecule has 3 aromatic rings. The Kier molecular flexibility index (Phi) is 7.50. The number of esters is 1. The fraction of sp³-hybridized carbons (Fsp3) is 0.308. The number of oxazole rings is 1. The number of amides is 2. The summed E-state index contributed by atoms with van der Waals surface area (Å²) < 4.78 is 11.1. The molecule has 0 spiro atoms. The van der Waals surface area contributed by atoms with E-state index in [0.717, 1.165) is 11.1 Å². The summed E-state index contributed by atoms with van der Waals surface area (Å²) in [5.74, 6) is -0.638. The largest absolute Gasteiger partial charge is 0.452 e.